The predicted octanol–water partition coefficient (Wildman–Crippen LogP) is 7.18. The van der Waals surface area contributed by atoms with Gasteiger partial charge in [-0.05, 0) is 64.5 Å². The number of para-hydroxylation sites is 2. The normalized spacial score (nSPS) is 12.3. The van der Waals surface area contributed by atoms with Crippen LogP contribution in [-0.2, 0) is 0 Å². The molecule has 0 aliphatic heterocycles. The average molecular weight is 513 g/mol. The molecule has 4 heteroatoms. The van der Waals surface area contributed by atoms with Crippen LogP contribution in [0.2, 0.25) is 0 Å². The minimum absolute atomic E-state index is 0.868. The molecule has 0 unspecified atom stereocenters. The third kappa shape index (κ3) is 3.13. The maximum atomic E-state index is 4.86. The molecule has 3 aromatic carbocycles. The van der Waals surface area contributed by atoms with Crippen LogP contribution in [0, 0.1) is 0 Å². The Labute approximate surface area is 230 Å². The first-order valence-corrected chi connectivity index (χ1v) is 13.3. The molecule has 0 aliphatic carbocycles. The van der Waals surface area contributed by atoms with Crippen molar-refractivity contribution in [3.63, 3.8) is 0 Å². The molecule has 0 radical (unpaired) electrons. The van der Waals surface area contributed by atoms with Gasteiger partial charge in [0.2, 0.25) is 0 Å². The molecule has 0 spiro atoms. The Balaban J connectivity index is 1.57. The largest absolute Gasteiger partial charge is 0.309 e. The first-order chi connectivity index (χ1) is 19.7. The van der Waals surface area contributed by atoms with Gasteiger partial charge in [0, 0.05) is 45.7 Å². The molecule has 0 fully saturated rings. The fourth-order valence-electron chi connectivity index (χ4n) is 6.15. The van der Waals surface area contributed by atoms with Gasteiger partial charge >= 0.3 is 0 Å². The zero-order valence-corrected chi connectivity index (χ0v) is 21.8. The first kappa shape index (κ1) is 22.5. The zero-order chi connectivity index (χ0) is 26.8. The molecule has 8 rings (SSSR count). The molecule has 0 aliphatic rings. The number of hydrogen-bond donors (Lipinski definition) is 0. The van der Waals surface area contributed by atoms with E-state index in [0.717, 1.165) is 60.4 Å². The summed E-state index contributed by atoms with van der Waals surface area (Å²) in [7, 11) is 0. The molecule has 5 aromatic heterocycles. The summed E-state index contributed by atoms with van der Waals surface area (Å²) in [6.45, 7) is 8.54. The first-order valence-electron chi connectivity index (χ1n) is 13.3. The number of fused-ring (bicyclic) bond motifs is 8. The molecule has 8 aromatic rings. The third-order valence-corrected chi connectivity index (χ3v) is 7.92. The highest BCUT2D eigenvalue weighted by Crippen LogP contribution is 2.35. The van der Waals surface area contributed by atoms with Crippen molar-refractivity contribution >= 4 is 61.8 Å². The number of nitrogens with zero attached hydrogens (tertiary/aromatic N) is 4. The van der Waals surface area contributed by atoms with Crippen LogP contribution in [0.25, 0.3) is 78.7 Å². The Morgan fingerprint density at radius 1 is 0.650 bits per heavy atom. The lowest BCUT2D eigenvalue weighted by Crippen LogP contribution is -2.26. The van der Waals surface area contributed by atoms with Crippen molar-refractivity contribution in [2.24, 2.45) is 0 Å². The highest BCUT2D eigenvalue weighted by Gasteiger charge is 2.17. The minimum atomic E-state index is 0.868. The number of aromatic nitrogens is 4. The van der Waals surface area contributed by atoms with Gasteiger partial charge in [-0.2, -0.15) is 0 Å². The summed E-state index contributed by atoms with van der Waals surface area (Å²) < 4.78 is 4.62. The van der Waals surface area contributed by atoms with Crippen LogP contribution < -0.4 is 10.4 Å². The molecule has 5 heterocycles. The van der Waals surface area contributed by atoms with Crippen LogP contribution in [0.15, 0.2) is 122 Å². The Morgan fingerprint density at radius 3 is 2.35 bits per heavy atom. The highest BCUT2D eigenvalue weighted by atomic mass is 15.1. The Bertz CT molecular complexity index is 2410. The fourth-order valence-corrected chi connectivity index (χ4v) is 6.15. The van der Waals surface area contributed by atoms with Crippen molar-refractivity contribution in [3.8, 4) is 16.9 Å². The van der Waals surface area contributed by atoms with Gasteiger partial charge in [-0.25, -0.2) is 4.98 Å². The maximum absolute atomic E-state index is 4.86. The summed E-state index contributed by atoms with van der Waals surface area (Å²) in [6, 6.07) is 32.1. The van der Waals surface area contributed by atoms with Crippen molar-refractivity contribution in [1.29, 1.82) is 0 Å². The van der Waals surface area contributed by atoms with Crippen molar-refractivity contribution in [2.75, 3.05) is 0 Å². The molecule has 0 atom stereocenters. The minimum Gasteiger partial charge on any atom is -0.309 e. The molecule has 40 heavy (non-hydrogen) atoms. The van der Waals surface area contributed by atoms with Gasteiger partial charge in [0.05, 0.1) is 27.6 Å². The van der Waals surface area contributed by atoms with Crippen LogP contribution in [0.1, 0.15) is 0 Å². The van der Waals surface area contributed by atoms with E-state index in [9.17, 15) is 0 Å². The molecular weight excluding hydrogens is 488 g/mol. The summed E-state index contributed by atoms with van der Waals surface area (Å²) in [5.41, 5.74) is 7.73. The molecule has 0 bridgehead atoms. The molecule has 0 saturated carbocycles. The third-order valence-electron chi connectivity index (χ3n) is 7.92. The van der Waals surface area contributed by atoms with Crippen molar-refractivity contribution in [3.05, 3.63) is 133 Å². The van der Waals surface area contributed by atoms with Gasteiger partial charge < -0.3 is 4.40 Å². The van der Waals surface area contributed by atoms with Crippen LogP contribution in [0.5, 0.6) is 0 Å². The number of pyridine rings is 3. The standard InChI is InChI=1S/C36H24N4/c1-3-9-27-23(2)33-18-25-10-4-6-13-31(25)39(33)34-21-35-30(20-29(27)34)28-12-5-7-14-32(28)40(35)36-19-24(15-17-38-36)26-11-8-16-37-22-26/h3-22H,1-2H2/b27-9+. The highest BCUT2D eigenvalue weighted by molar-refractivity contribution is 6.14. The molecule has 4 nitrogen and oxygen atoms in total. The van der Waals surface area contributed by atoms with Gasteiger partial charge in [-0.1, -0.05) is 67.8 Å². The summed E-state index contributed by atoms with van der Waals surface area (Å²) in [5, 5.41) is 6.78. The SMILES string of the molecule is C=C/C=c1\c(=C)c2cc3ccccc3n2c2cc3c(cc12)c1ccccc1n3-c1cc(-c2cccnc2)ccn1. The van der Waals surface area contributed by atoms with Gasteiger partial charge in [-0.3, -0.25) is 9.55 Å². The second-order valence-electron chi connectivity index (χ2n) is 10.1. The predicted molar refractivity (Wildman–Crippen MR) is 167 cm³/mol. The zero-order valence-electron chi connectivity index (χ0n) is 21.8. The van der Waals surface area contributed by atoms with Crippen molar-refractivity contribution in [2.45, 2.75) is 0 Å². The molecule has 0 saturated heterocycles. The number of benzene rings is 3. The second-order valence-corrected chi connectivity index (χ2v) is 10.1. The van der Waals surface area contributed by atoms with Gasteiger partial charge in [0.1, 0.15) is 5.82 Å². The molecule has 0 N–H and O–H groups in total. The van der Waals surface area contributed by atoms with E-state index in [1.54, 1.807) is 6.20 Å². The summed E-state index contributed by atoms with van der Waals surface area (Å²) >= 11 is 0. The van der Waals surface area contributed by atoms with E-state index in [2.05, 4.69) is 112 Å². The Morgan fingerprint density at radius 2 is 1.50 bits per heavy atom. The van der Waals surface area contributed by atoms with Crippen LogP contribution in [0.3, 0.4) is 0 Å². The Kier molecular flexibility index (Phi) is 4.79. The van der Waals surface area contributed by atoms with E-state index in [0.29, 0.717) is 0 Å². The summed E-state index contributed by atoms with van der Waals surface area (Å²) in [5.74, 6) is 0.868. The number of hydrogen-bond acceptors (Lipinski definition) is 2. The van der Waals surface area contributed by atoms with E-state index in [1.807, 2.05) is 30.6 Å². The smallest absolute Gasteiger partial charge is 0.138 e. The van der Waals surface area contributed by atoms with Crippen LogP contribution in [0.4, 0.5) is 0 Å². The lowest BCUT2D eigenvalue weighted by Gasteiger charge is -2.11. The fraction of sp³-hybridized carbons (Fsp3) is 0. The number of rotatable bonds is 3. The van der Waals surface area contributed by atoms with Crippen molar-refractivity contribution < 1.29 is 0 Å². The monoisotopic (exact) mass is 512 g/mol. The maximum Gasteiger partial charge on any atom is 0.138 e. The van der Waals surface area contributed by atoms with Gasteiger partial charge in [-0.15, -0.1) is 0 Å². The quantitative estimate of drug-likeness (QED) is 0.251. The van der Waals surface area contributed by atoms with Crippen LogP contribution >= 0.6 is 0 Å². The summed E-state index contributed by atoms with van der Waals surface area (Å²) in [6.07, 6.45) is 9.49. The molecule has 188 valence electrons. The molecular formula is C36H24N4. The van der Waals surface area contributed by atoms with E-state index in [-0.39, 0.29) is 0 Å². The van der Waals surface area contributed by atoms with E-state index in [4.69, 9.17) is 4.98 Å². The van der Waals surface area contributed by atoms with Gasteiger partial charge in [0.25, 0.3) is 0 Å². The van der Waals surface area contributed by atoms with Crippen LogP contribution in [-0.4, -0.2) is 18.9 Å². The van der Waals surface area contributed by atoms with Crippen molar-refractivity contribution in [1.82, 2.24) is 18.9 Å². The van der Waals surface area contributed by atoms with E-state index in [1.165, 1.54) is 16.2 Å². The van der Waals surface area contributed by atoms with E-state index < -0.39 is 0 Å². The summed E-state index contributed by atoms with van der Waals surface area (Å²) in [4.78, 5) is 9.18. The molecule has 0 amide bonds. The van der Waals surface area contributed by atoms with E-state index >= 15 is 0 Å². The second kappa shape index (κ2) is 8.52. The lowest BCUT2D eigenvalue weighted by molar-refractivity contribution is 1.08. The number of allylic oxidation sites excluding steroid dienone is 1. The lowest BCUT2D eigenvalue weighted by atomic mass is 10.1. The topological polar surface area (TPSA) is 35.1 Å². The average Bonchev–Trinajstić information content (AvgIpc) is 3.55. The Hall–Kier alpha value is -5.48. The van der Waals surface area contributed by atoms with Gasteiger partial charge in [0.15, 0.2) is 0 Å².